The number of ketones is 2. The van der Waals surface area contributed by atoms with Crippen LogP contribution in [-0.2, 0) is 39.5 Å². The predicted octanol–water partition coefficient (Wildman–Crippen LogP) is 9.90. The van der Waals surface area contributed by atoms with E-state index in [1.165, 1.54) is 12.1 Å². The number of hydrogen-bond acceptors (Lipinski definition) is 9. The maximum atomic E-state index is 14.5. The summed E-state index contributed by atoms with van der Waals surface area (Å²) in [5, 5.41) is 2.83. The smallest absolute Gasteiger partial charge is 0.444 e. The van der Waals surface area contributed by atoms with Gasteiger partial charge in [0, 0.05) is 55.3 Å². The van der Waals surface area contributed by atoms with Crippen molar-refractivity contribution in [1.82, 2.24) is 30.2 Å². The molecule has 2 saturated heterocycles. The SMILES string of the molecule is Cl.[C-]#[N+]c1ccc(-c2cnc(C(F)(F)F)nc2)cc1CCC(=O)[C@@H]1[C@@H](F)CCN1C(=O)OC(C)(C)C.[C-]#[N+]c1ccc(-c2cnc(C(F)(F)F)nc2)cc1CCC(=O)[C@H]1NCC[C@@H]1F. The van der Waals surface area contributed by atoms with E-state index >= 15 is 0 Å². The van der Waals surface area contributed by atoms with Crippen LogP contribution in [0.4, 0.5) is 51.3 Å². The predicted molar refractivity (Wildman–Crippen MR) is 219 cm³/mol. The summed E-state index contributed by atoms with van der Waals surface area (Å²) in [5.74, 6) is -3.26. The normalized spacial score (nSPS) is 18.5. The van der Waals surface area contributed by atoms with Crippen molar-refractivity contribution in [1.29, 1.82) is 0 Å². The number of Topliss-reactive ketones (excluding diaryl/α,β-unsaturated/α-hetero) is 2. The first-order valence-electron chi connectivity index (χ1n) is 19.5. The van der Waals surface area contributed by atoms with Gasteiger partial charge in [0.05, 0.1) is 19.2 Å². The number of aryl methyl sites for hydroxylation is 2. The number of likely N-dealkylation sites (tertiary alicyclic amines) is 1. The molecule has 21 heteroatoms. The summed E-state index contributed by atoms with van der Waals surface area (Å²) in [6, 6.07) is 7.26. The lowest BCUT2D eigenvalue weighted by Gasteiger charge is -2.28. The van der Waals surface area contributed by atoms with Gasteiger partial charge in [0.25, 0.3) is 0 Å². The number of alkyl halides is 8. The molecule has 0 spiro atoms. The molecule has 2 aromatic heterocycles. The molecule has 6 rings (SSSR count). The van der Waals surface area contributed by atoms with Crippen LogP contribution in [0.25, 0.3) is 31.9 Å². The Labute approximate surface area is 368 Å². The lowest BCUT2D eigenvalue weighted by molar-refractivity contribution is -0.145. The number of nitrogens with zero attached hydrogens (tertiary/aromatic N) is 7. The summed E-state index contributed by atoms with van der Waals surface area (Å²) in [6.07, 6.45) is -8.04. The van der Waals surface area contributed by atoms with E-state index in [9.17, 15) is 49.5 Å². The molecule has 0 bridgehead atoms. The molecule has 4 atom stereocenters. The third-order valence-corrected chi connectivity index (χ3v) is 9.93. The molecule has 4 heterocycles. The minimum absolute atomic E-state index is 0. The van der Waals surface area contributed by atoms with Crippen molar-refractivity contribution in [2.45, 2.75) is 102 Å². The van der Waals surface area contributed by atoms with Gasteiger partial charge in [-0.25, -0.2) is 43.2 Å². The van der Waals surface area contributed by atoms with Crippen molar-refractivity contribution in [3.05, 3.63) is 107 Å². The fourth-order valence-electron chi connectivity index (χ4n) is 6.86. The Hall–Kier alpha value is -6.12. The number of carbonyl (C=O) groups excluding carboxylic acids is 3. The van der Waals surface area contributed by atoms with Crippen molar-refractivity contribution in [2.75, 3.05) is 13.1 Å². The molecule has 0 radical (unpaired) electrons. The van der Waals surface area contributed by atoms with E-state index in [1.54, 1.807) is 45.0 Å². The quantitative estimate of drug-likeness (QED) is 0.122. The van der Waals surface area contributed by atoms with Crippen LogP contribution >= 0.6 is 12.4 Å². The summed E-state index contributed by atoms with van der Waals surface area (Å²) in [7, 11) is 0. The van der Waals surface area contributed by atoms with Gasteiger partial charge >= 0.3 is 18.4 Å². The fourth-order valence-corrected chi connectivity index (χ4v) is 6.86. The lowest BCUT2D eigenvalue weighted by atomic mass is 9.97. The van der Waals surface area contributed by atoms with Crippen LogP contribution in [0.1, 0.15) is 69.2 Å². The number of ether oxygens (including phenoxy) is 1. The Kier molecular flexibility index (Phi) is 16.6. The monoisotopic (exact) mass is 920 g/mol. The highest BCUT2D eigenvalue weighted by Gasteiger charge is 2.43. The van der Waals surface area contributed by atoms with E-state index in [0.29, 0.717) is 52.0 Å². The summed E-state index contributed by atoms with van der Waals surface area (Å²) in [4.78, 5) is 58.8. The Balaban J connectivity index is 0.000000283. The second kappa shape index (κ2) is 21.0. The Morgan fingerprint density at radius 3 is 1.56 bits per heavy atom. The van der Waals surface area contributed by atoms with Crippen molar-refractivity contribution in [3.8, 4) is 22.3 Å². The zero-order valence-electron chi connectivity index (χ0n) is 34.4. The molecule has 64 heavy (non-hydrogen) atoms. The van der Waals surface area contributed by atoms with Gasteiger partial charge in [0.1, 0.15) is 24.0 Å². The number of carbonyl (C=O) groups is 3. The second-order valence-electron chi connectivity index (χ2n) is 15.6. The molecule has 2 aliphatic heterocycles. The molecule has 2 aromatic carbocycles. The topological polar surface area (TPSA) is 136 Å². The fraction of sp³-hybridized carbons (Fsp3) is 0.419. The van der Waals surface area contributed by atoms with Crippen LogP contribution in [0.15, 0.2) is 61.2 Å². The Bertz CT molecular complexity index is 2380. The van der Waals surface area contributed by atoms with E-state index in [4.69, 9.17) is 17.9 Å². The molecule has 0 saturated carbocycles. The average Bonchev–Trinajstić information content (AvgIpc) is 3.85. The van der Waals surface area contributed by atoms with Crippen LogP contribution in [0.3, 0.4) is 0 Å². The number of hydrogen-bond donors (Lipinski definition) is 1. The minimum Gasteiger partial charge on any atom is -0.444 e. The van der Waals surface area contributed by atoms with Crippen LogP contribution in [0.5, 0.6) is 0 Å². The van der Waals surface area contributed by atoms with Gasteiger partial charge in [-0.2, -0.15) is 26.3 Å². The minimum atomic E-state index is -4.67. The first kappa shape index (κ1) is 50.5. The van der Waals surface area contributed by atoms with Gasteiger partial charge in [-0.05, 0) is 75.3 Å². The van der Waals surface area contributed by atoms with E-state index in [1.807, 2.05) is 0 Å². The third kappa shape index (κ3) is 13.0. The van der Waals surface area contributed by atoms with E-state index in [-0.39, 0.29) is 62.5 Å². The Morgan fingerprint density at radius 1 is 0.719 bits per heavy atom. The summed E-state index contributed by atoms with van der Waals surface area (Å²) >= 11 is 0. The first-order chi connectivity index (χ1) is 29.6. The average molecular weight is 921 g/mol. The molecule has 1 N–H and O–H groups in total. The molecule has 2 fully saturated rings. The van der Waals surface area contributed by atoms with E-state index in [2.05, 4.69) is 34.9 Å². The molecule has 1 amide bonds. The van der Waals surface area contributed by atoms with Gasteiger partial charge in [-0.1, -0.05) is 36.4 Å². The highest BCUT2D eigenvalue weighted by Crippen LogP contribution is 2.33. The van der Waals surface area contributed by atoms with Crippen LogP contribution in [-0.4, -0.2) is 85.6 Å². The van der Waals surface area contributed by atoms with Crippen molar-refractivity contribution < 1.29 is 54.2 Å². The van der Waals surface area contributed by atoms with Gasteiger partial charge < -0.3 is 10.1 Å². The van der Waals surface area contributed by atoms with Gasteiger partial charge in [0.15, 0.2) is 22.9 Å². The summed E-state index contributed by atoms with van der Waals surface area (Å²) < 4.78 is 109. The number of amides is 1. The molecule has 0 unspecified atom stereocenters. The molecule has 340 valence electrons. The van der Waals surface area contributed by atoms with Gasteiger partial charge in [0.2, 0.25) is 11.6 Å². The number of benzene rings is 2. The molecular formula is C43H41ClF8N8O4. The number of nitrogens with one attached hydrogen (secondary N) is 1. The van der Waals surface area contributed by atoms with Gasteiger partial charge in [-0.3, -0.25) is 14.5 Å². The molecule has 2 aliphatic rings. The van der Waals surface area contributed by atoms with Crippen LogP contribution in [0, 0.1) is 13.1 Å². The van der Waals surface area contributed by atoms with E-state index in [0.717, 1.165) is 29.7 Å². The zero-order valence-corrected chi connectivity index (χ0v) is 35.3. The zero-order chi connectivity index (χ0) is 46.3. The summed E-state index contributed by atoms with van der Waals surface area (Å²) in [5.41, 5.74) is 2.47. The van der Waals surface area contributed by atoms with Crippen molar-refractivity contribution in [2.24, 2.45) is 0 Å². The number of aromatic nitrogens is 4. The van der Waals surface area contributed by atoms with Crippen molar-refractivity contribution in [3.63, 3.8) is 0 Å². The van der Waals surface area contributed by atoms with Crippen molar-refractivity contribution >= 4 is 41.4 Å². The highest BCUT2D eigenvalue weighted by molar-refractivity contribution is 5.89. The number of halogens is 9. The maximum Gasteiger partial charge on any atom is 0.451 e. The number of rotatable bonds is 10. The van der Waals surface area contributed by atoms with E-state index < -0.39 is 65.9 Å². The third-order valence-electron chi connectivity index (χ3n) is 9.93. The van der Waals surface area contributed by atoms with Gasteiger partial charge in [-0.15, -0.1) is 12.4 Å². The lowest BCUT2D eigenvalue weighted by Crippen LogP contribution is -2.46. The first-order valence-corrected chi connectivity index (χ1v) is 19.5. The van der Waals surface area contributed by atoms with Crippen LogP contribution < -0.4 is 5.32 Å². The Morgan fingerprint density at radius 2 is 1.17 bits per heavy atom. The molecule has 12 nitrogen and oxygen atoms in total. The molecule has 0 aliphatic carbocycles. The standard InChI is InChI=1S/C24H24F4N4O3.C19H16F4N4O.ClH/c1-23(2,3)35-22(34)32-10-9-17(25)20(32)19(33)8-6-15-11-14(5-7-18(15)29-4)16-12-30-21(31-13-16)24(26,27)28;1-24-15-4-2-11(13-9-26-18(27-10-13)19(21,22)23)8-12(15)3-5-16(28)17-14(20)6-7-25-17;/h5,7,11-13,17,20H,6,8-10H2,1-3H3;2,4,8-10,14,17,25H,3,5-7H2;1H/t17-,20-;14-,17-;/m00./s1. The molecular weight excluding hydrogens is 880 g/mol. The second-order valence-corrected chi connectivity index (χ2v) is 15.6. The summed E-state index contributed by atoms with van der Waals surface area (Å²) in [6.45, 7) is 20.2. The highest BCUT2D eigenvalue weighted by atomic mass is 35.5. The maximum absolute atomic E-state index is 14.5. The van der Waals surface area contributed by atoms with Crippen LogP contribution in [0.2, 0.25) is 0 Å². The largest absolute Gasteiger partial charge is 0.451 e. The molecule has 4 aromatic rings.